The van der Waals surface area contributed by atoms with Crippen LogP contribution in [0.4, 0.5) is 0 Å². The lowest BCUT2D eigenvalue weighted by molar-refractivity contribution is 0.159. The molecule has 1 unspecified atom stereocenters. The van der Waals surface area contributed by atoms with Crippen LogP contribution < -0.4 is 5.32 Å². The number of nitrogens with one attached hydrogen (secondary N) is 1. The van der Waals surface area contributed by atoms with Crippen LogP contribution in [0.1, 0.15) is 25.5 Å². The Balaban J connectivity index is 2.04. The average molecular weight is 204 g/mol. The number of hydrogen-bond acceptors (Lipinski definition) is 2. The zero-order valence-corrected chi connectivity index (χ0v) is 9.61. The molecule has 0 radical (unpaired) electrons. The average Bonchev–Trinajstić information content (AvgIpc) is 2.29. The number of rotatable bonds is 2. The van der Waals surface area contributed by atoms with Crippen LogP contribution in [0.2, 0.25) is 0 Å². The highest BCUT2D eigenvalue weighted by atomic mass is 15.2. The summed E-state index contributed by atoms with van der Waals surface area (Å²) in [4.78, 5) is 2.55. The molecule has 0 saturated carbocycles. The number of hydrogen-bond donors (Lipinski definition) is 1. The predicted molar refractivity (Wildman–Crippen MR) is 63.9 cm³/mol. The third-order valence-electron chi connectivity index (χ3n) is 3.23. The second kappa shape index (κ2) is 4.77. The van der Waals surface area contributed by atoms with E-state index in [-0.39, 0.29) is 0 Å². The summed E-state index contributed by atoms with van der Waals surface area (Å²) >= 11 is 0. The second-order valence-corrected chi connectivity index (χ2v) is 4.44. The van der Waals surface area contributed by atoms with Crippen LogP contribution in [0.3, 0.4) is 0 Å². The SMILES string of the molecule is CC(c1ccccc1)N1CCN[C@@H](C)C1. The summed E-state index contributed by atoms with van der Waals surface area (Å²) < 4.78 is 0. The lowest BCUT2D eigenvalue weighted by Gasteiger charge is -2.36. The highest BCUT2D eigenvalue weighted by Crippen LogP contribution is 2.20. The Morgan fingerprint density at radius 2 is 2.07 bits per heavy atom. The van der Waals surface area contributed by atoms with E-state index < -0.39 is 0 Å². The molecule has 1 fully saturated rings. The Kier molecular flexibility index (Phi) is 3.39. The molecule has 1 aromatic carbocycles. The van der Waals surface area contributed by atoms with Gasteiger partial charge in [-0.05, 0) is 19.4 Å². The third kappa shape index (κ3) is 2.58. The Morgan fingerprint density at radius 3 is 2.73 bits per heavy atom. The van der Waals surface area contributed by atoms with Crippen molar-refractivity contribution in [2.45, 2.75) is 25.9 Å². The zero-order valence-electron chi connectivity index (χ0n) is 9.61. The topological polar surface area (TPSA) is 15.3 Å². The molecule has 0 bridgehead atoms. The van der Waals surface area contributed by atoms with Crippen molar-refractivity contribution in [3.05, 3.63) is 35.9 Å². The molecule has 82 valence electrons. The minimum absolute atomic E-state index is 0.538. The summed E-state index contributed by atoms with van der Waals surface area (Å²) in [5.41, 5.74) is 1.42. The maximum Gasteiger partial charge on any atom is 0.0321 e. The third-order valence-corrected chi connectivity index (χ3v) is 3.23. The van der Waals surface area contributed by atoms with Crippen LogP contribution in [-0.4, -0.2) is 30.6 Å². The molecule has 15 heavy (non-hydrogen) atoms. The molecule has 0 aliphatic carbocycles. The second-order valence-electron chi connectivity index (χ2n) is 4.44. The van der Waals surface area contributed by atoms with Gasteiger partial charge in [0.1, 0.15) is 0 Å². The van der Waals surface area contributed by atoms with Crippen LogP contribution in [0.5, 0.6) is 0 Å². The van der Waals surface area contributed by atoms with Gasteiger partial charge in [-0.2, -0.15) is 0 Å². The summed E-state index contributed by atoms with van der Waals surface area (Å²) in [6, 6.07) is 11.9. The monoisotopic (exact) mass is 204 g/mol. The molecule has 1 heterocycles. The smallest absolute Gasteiger partial charge is 0.0321 e. The van der Waals surface area contributed by atoms with E-state index in [1.807, 2.05) is 0 Å². The normalized spacial score (nSPS) is 25.1. The van der Waals surface area contributed by atoms with Crippen molar-refractivity contribution >= 4 is 0 Å². The molecule has 2 nitrogen and oxygen atoms in total. The van der Waals surface area contributed by atoms with E-state index in [0.29, 0.717) is 12.1 Å². The van der Waals surface area contributed by atoms with Crippen molar-refractivity contribution in [2.75, 3.05) is 19.6 Å². The summed E-state index contributed by atoms with van der Waals surface area (Å²) in [7, 11) is 0. The molecule has 1 saturated heterocycles. The summed E-state index contributed by atoms with van der Waals surface area (Å²) in [5, 5.41) is 3.48. The molecule has 1 aromatic rings. The molecule has 1 aliphatic heterocycles. The summed E-state index contributed by atoms with van der Waals surface area (Å²) in [5.74, 6) is 0. The van der Waals surface area contributed by atoms with Gasteiger partial charge in [0.15, 0.2) is 0 Å². The van der Waals surface area contributed by atoms with Gasteiger partial charge in [-0.3, -0.25) is 4.90 Å². The molecule has 0 amide bonds. The van der Waals surface area contributed by atoms with E-state index >= 15 is 0 Å². The van der Waals surface area contributed by atoms with Crippen molar-refractivity contribution in [3.63, 3.8) is 0 Å². The maximum absolute atomic E-state index is 3.48. The van der Waals surface area contributed by atoms with Gasteiger partial charge in [-0.25, -0.2) is 0 Å². The number of benzene rings is 1. The highest BCUT2D eigenvalue weighted by molar-refractivity contribution is 5.18. The minimum Gasteiger partial charge on any atom is -0.312 e. The van der Waals surface area contributed by atoms with Gasteiger partial charge in [-0.15, -0.1) is 0 Å². The van der Waals surface area contributed by atoms with Gasteiger partial charge in [0.2, 0.25) is 0 Å². The maximum atomic E-state index is 3.48. The van der Waals surface area contributed by atoms with E-state index in [4.69, 9.17) is 0 Å². The molecule has 2 rings (SSSR count). The molecular weight excluding hydrogens is 184 g/mol. The van der Waals surface area contributed by atoms with E-state index in [1.54, 1.807) is 0 Å². The molecule has 0 spiro atoms. The fourth-order valence-electron chi connectivity index (χ4n) is 2.26. The van der Waals surface area contributed by atoms with Crippen LogP contribution in [0.15, 0.2) is 30.3 Å². The Labute approximate surface area is 92.3 Å². The zero-order chi connectivity index (χ0) is 10.7. The first-order valence-corrected chi connectivity index (χ1v) is 5.80. The largest absolute Gasteiger partial charge is 0.312 e. The van der Waals surface area contributed by atoms with E-state index in [1.165, 1.54) is 5.56 Å². The van der Waals surface area contributed by atoms with Crippen LogP contribution in [0.25, 0.3) is 0 Å². The number of piperazine rings is 1. The van der Waals surface area contributed by atoms with Crippen molar-refractivity contribution in [1.82, 2.24) is 10.2 Å². The molecular formula is C13H20N2. The van der Waals surface area contributed by atoms with E-state index in [0.717, 1.165) is 19.6 Å². The van der Waals surface area contributed by atoms with E-state index in [9.17, 15) is 0 Å². The Bertz CT molecular complexity index is 297. The first kappa shape index (κ1) is 10.7. The fraction of sp³-hybridized carbons (Fsp3) is 0.538. The van der Waals surface area contributed by atoms with Crippen molar-refractivity contribution in [3.8, 4) is 0 Å². The lowest BCUT2D eigenvalue weighted by Crippen LogP contribution is -2.49. The molecule has 2 heteroatoms. The van der Waals surface area contributed by atoms with Crippen molar-refractivity contribution in [1.29, 1.82) is 0 Å². The van der Waals surface area contributed by atoms with Gasteiger partial charge in [-0.1, -0.05) is 30.3 Å². The van der Waals surface area contributed by atoms with Gasteiger partial charge in [0, 0.05) is 31.7 Å². The molecule has 1 aliphatic rings. The Morgan fingerprint density at radius 1 is 1.33 bits per heavy atom. The standard InChI is InChI=1S/C13H20N2/c1-11-10-15(9-8-14-11)12(2)13-6-4-3-5-7-13/h3-7,11-12,14H,8-10H2,1-2H3/t11-,12?/m0/s1. The van der Waals surface area contributed by atoms with Crippen molar-refractivity contribution in [2.24, 2.45) is 0 Å². The van der Waals surface area contributed by atoms with Gasteiger partial charge in [0.05, 0.1) is 0 Å². The molecule has 0 aromatic heterocycles. The predicted octanol–water partition coefficient (Wildman–Crippen LogP) is 2.04. The summed E-state index contributed by atoms with van der Waals surface area (Å²) in [6.07, 6.45) is 0. The highest BCUT2D eigenvalue weighted by Gasteiger charge is 2.20. The first-order valence-electron chi connectivity index (χ1n) is 5.80. The first-order chi connectivity index (χ1) is 7.27. The van der Waals surface area contributed by atoms with Gasteiger partial charge in [0.25, 0.3) is 0 Å². The van der Waals surface area contributed by atoms with Crippen LogP contribution in [0, 0.1) is 0 Å². The number of nitrogens with zero attached hydrogens (tertiary/aromatic N) is 1. The van der Waals surface area contributed by atoms with E-state index in [2.05, 4.69) is 54.4 Å². The lowest BCUT2D eigenvalue weighted by atomic mass is 10.1. The fourth-order valence-corrected chi connectivity index (χ4v) is 2.26. The quantitative estimate of drug-likeness (QED) is 0.793. The van der Waals surface area contributed by atoms with Crippen LogP contribution >= 0.6 is 0 Å². The summed E-state index contributed by atoms with van der Waals surface area (Å²) in [6.45, 7) is 7.96. The molecule has 2 atom stereocenters. The minimum atomic E-state index is 0.538. The Hall–Kier alpha value is -0.860. The van der Waals surface area contributed by atoms with Crippen LogP contribution in [-0.2, 0) is 0 Å². The van der Waals surface area contributed by atoms with Gasteiger partial charge >= 0.3 is 0 Å². The molecule has 1 N–H and O–H groups in total. The van der Waals surface area contributed by atoms with Crippen molar-refractivity contribution < 1.29 is 0 Å². The van der Waals surface area contributed by atoms with Gasteiger partial charge < -0.3 is 5.32 Å².